The highest BCUT2D eigenvalue weighted by Gasteiger charge is 2.24. The Hall–Kier alpha value is -4.90. The van der Waals surface area contributed by atoms with E-state index in [0.717, 1.165) is 58.1 Å². The van der Waals surface area contributed by atoms with E-state index < -0.39 is 0 Å². The van der Waals surface area contributed by atoms with Crippen LogP contribution in [0, 0.1) is 11.3 Å². The van der Waals surface area contributed by atoms with E-state index >= 15 is 0 Å². The molecule has 0 aliphatic carbocycles. The third-order valence-electron chi connectivity index (χ3n) is 6.54. The Balaban J connectivity index is 1.74. The first-order chi connectivity index (χ1) is 18.6. The fourth-order valence-corrected chi connectivity index (χ4v) is 4.52. The number of methoxy groups -OCH3 is 2. The molecule has 38 heavy (non-hydrogen) atoms. The van der Waals surface area contributed by atoms with Crippen molar-refractivity contribution in [3.8, 4) is 17.6 Å². The quantitative estimate of drug-likeness (QED) is 0.325. The zero-order valence-corrected chi connectivity index (χ0v) is 21.8. The largest absolute Gasteiger partial charge is 0.497 e. The summed E-state index contributed by atoms with van der Waals surface area (Å²) in [7, 11) is 3.26. The number of fused-ring (bicyclic) bond motifs is 2. The summed E-state index contributed by atoms with van der Waals surface area (Å²) in [6, 6.07) is 23.6. The number of para-hydroxylation sites is 1. The van der Waals surface area contributed by atoms with Gasteiger partial charge in [0.1, 0.15) is 29.0 Å². The van der Waals surface area contributed by atoms with Gasteiger partial charge in [-0.2, -0.15) is 5.26 Å². The van der Waals surface area contributed by atoms with Gasteiger partial charge in [0.15, 0.2) is 11.6 Å². The Morgan fingerprint density at radius 2 is 1.63 bits per heavy atom. The van der Waals surface area contributed by atoms with Crippen LogP contribution in [0.25, 0.3) is 16.5 Å². The molecule has 8 heteroatoms. The Bertz CT molecular complexity index is 1600. The Morgan fingerprint density at radius 3 is 2.32 bits per heavy atom. The first kappa shape index (κ1) is 24.8. The third-order valence-corrected chi connectivity index (χ3v) is 6.54. The molecule has 0 amide bonds. The lowest BCUT2D eigenvalue weighted by Crippen LogP contribution is -2.24. The van der Waals surface area contributed by atoms with Crippen LogP contribution in [-0.2, 0) is 0 Å². The van der Waals surface area contributed by atoms with Gasteiger partial charge in [-0.3, -0.25) is 0 Å². The lowest BCUT2D eigenvalue weighted by Gasteiger charge is -2.23. The van der Waals surface area contributed by atoms with Crippen molar-refractivity contribution in [3.63, 3.8) is 0 Å². The van der Waals surface area contributed by atoms with Crippen LogP contribution in [0.5, 0.6) is 11.5 Å². The molecule has 1 aromatic heterocycles. The highest BCUT2D eigenvalue weighted by molar-refractivity contribution is 6.18. The predicted octanol–water partition coefficient (Wildman–Crippen LogP) is 5.65. The zero-order chi connectivity index (χ0) is 26.6. The number of ether oxygens (including phenoxy) is 2. The molecule has 190 valence electrons. The van der Waals surface area contributed by atoms with Gasteiger partial charge in [-0.1, -0.05) is 12.1 Å². The number of aliphatic imine (C=N–C) groups is 1. The fraction of sp³-hybridized carbons (Fsp3) is 0.200. The minimum atomic E-state index is 0.253. The van der Waals surface area contributed by atoms with Crippen LogP contribution in [0.1, 0.15) is 30.8 Å². The maximum atomic E-state index is 10.4. The number of nitrogens with one attached hydrogen (secondary N) is 1. The highest BCUT2D eigenvalue weighted by Crippen LogP contribution is 2.34. The molecule has 0 fully saturated rings. The first-order valence-corrected chi connectivity index (χ1v) is 12.4. The molecule has 3 aromatic carbocycles. The first-order valence-electron chi connectivity index (χ1n) is 12.4. The maximum Gasteiger partial charge on any atom is 0.176 e. The predicted molar refractivity (Wildman–Crippen MR) is 151 cm³/mol. The van der Waals surface area contributed by atoms with E-state index in [1.54, 1.807) is 14.2 Å². The molecular formula is C30H28N6O2. The monoisotopic (exact) mass is 504 g/mol. The van der Waals surface area contributed by atoms with Gasteiger partial charge in [0.05, 0.1) is 31.1 Å². The van der Waals surface area contributed by atoms with Crippen LogP contribution in [0.2, 0.25) is 0 Å². The van der Waals surface area contributed by atoms with Crippen LogP contribution < -0.4 is 19.7 Å². The van der Waals surface area contributed by atoms with Gasteiger partial charge in [0.25, 0.3) is 0 Å². The summed E-state index contributed by atoms with van der Waals surface area (Å²) in [6.07, 6.45) is 0. The van der Waals surface area contributed by atoms with Crippen LogP contribution in [0.3, 0.4) is 0 Å². The standard InChI is InChI=1S/C30H28N6O2/c1-5-36(6-2)30-23-9-7-8-10-25(23)32-29(35-30)24(18-31)28-33-26-17-21(38-4)15-16-22(26)27(34-28)19-11-13-20(37-3)14-12-19/h7-17,33H,5-6H2,1-4H3/b28-24-. The van der Waals surface area contributed by atoms with E-state index in [1.165, 1.54) is 0 Å². The average Bonchev–Trinajstić information content (AvgIpc) is 2.97. The molecule has 5 rings (SSSR count). The van der Waals surface area contributed by atoms with Crippen LogP contribution in [0.4, 0.5) is 11.5 Å². The summed E-state index contributed by atoms with van der Waals surface area (Å²) in [5.41, 5.74) is 4.29. The Morgan fingerprint density at radius 1 is 0.921 bits per heavy atom. The number of allylic oxidation sites excluding steroid dienone is 1. The lowest BCUT2D eigenvalue weighted by atomic mass is 9.98. The van der Waals surface area contributed by atoms with E-state index in [1.807, 2.05) is 66.7 Å². The van der Waals surface area contributed by atoms with Gasteiger partial charge in [0, 0.05) is 35.7 Å². The lowest BCUT2D eigenvalue weighted by molar-refractivity contribution is 0.415. The van der Waals surface area contributed by atoms with Crippen molar-refractivity contribution in [2.24, 2.45) is 4.99 Å². The maximum absolute atomic E-state index is 10.4. The van der Waals surface area contributed by atoms with Gasteiger partial charge in [-0.25, -0.2) is 15.0 Å². The molecule has 0 unspecified atom stereocenters. The van der Waals surface area contributed by atoms with Crippen LogP contribution >= 0.6 is 0 Å². The van der Waals surface area contributed by atoms with Gasteiger partial charge < -0.3 is 19.7 Å². The van der Waals surface area contributed by atoms with Crippen LogP contribution in [-0.4, -0.2) is 43.0 Å². The minimum Gasteiger partial charge on any atom is -0.497 e. The van der Waals surface area contributed by atoms with Gasteiger partial charge in [0.2, 0.25) is 0 Å². The number of nitrogens with zero attached hydrogens (tertiary/aromatic N) is 5. The summed E-state index contributed by atoms with van der Waals surface area (Å²) < 4.78 is 10.8. The van der Waals surface area contributed by atoms with E-state index in [-0.39, 0.29) is 5.57 Å². The summed E-state index contributed by atoms with van der Waals surface area (Å²) in [5.74, 6) is 2.93. The number of aromatic nitrogens is 2. The molecule has 0 bridgehead atoms. The molecule has 0 saturated carbocycles. The van der Waals surface area contributed by atoms with Gasteiger partial charge >= 0.3 is 0 Å². The summed E-state index contributed by atoms with van der Waals surface area (Å²) in [6.45, 7) is 5.73. The molecule has 4 aromatic rings. The second-order valence-corrected chi connectivity index (χ2v) is 8.62. The molecule has 1 aliphatic rings. The van der Waals surface area contributed by atoms with Crippen molar-refractivity contribution < 1.29 is 9.47 Å². The van der Waals surface area contributed by atoms with Crippen molar-refractivity contribution in [3.05, 3.63) is 89.5 Å². The van der Waals surface area contributed by atoms with Crippen molar-refractivity contribution in [2.45, 2.75) is 13.8 Å². The highest BCUT2D eigenvalue weighted by atomic mass is 16.5. The molecule has 2 heterocycles. The minimum absolute atomic E-state index is 0.253. The van der Waals surface area contributed by atoms with Crippen molar-refractivity contribution >= 4 is 33.7 Å². The van der Waals surface area contributed by atoms with Crippen molar-refractivity contribution in [1.82, 2.24) is 9.97 Å². The second-order valence-electron chi connectivity index (χ2n) is 8.62. The summed E-state index contributed by atoms with van der Waals surface area (Å²) in [4.78, 5) is 16.8. The number of anilines is 2. The normalized spacial score (nSPS) is 13.6. The number of hydrogen-bond acceptors (Lipinski definition) is 8. The zero-order valence-electron chi connectivity index (χ0n) is 21.8. The SMILES string of the molecule is CCN(CC)c1nc(/C(C#N)=C2\N=C(c3ccc(OC)cc3)c3ccc(OC)cc3N2)nc2ccccc12. The topological polar surface area (TPSA) is 95.7 Å². The summed E-state index contributed by atoms with van der Waals surface area (Å²) >= 11 is 0. The fourth-order valence-electron chi connectivity index (χ4n) is 4.52. The van der Waals surface area contributed by atoms with Crippen LogP contribution in [0.15, 0.2) is 77.5 Å². The molecule has 8 nitrogen and oxygen atoms in total. The average molecular weight is 505 g/mol. The molecular weight excluding hydrogens is 476 g/mol. The van der Waals surface area contributed by atoms with Gasteiger partial charge in [-0.05, 0) is 62.4 Å². The molecule has 0 atom stereocenters. The number of rotatable bonds is 7. The summed E-state index contributed by atoms with van der Waals surface area (Å²) in [5, 5.41) is 14.7. The second kappa shape index (κ2) is 10.6. The Labute approximate surface area is 221 Å². The number of nitriles is 1. The van der Waals surface area contributed by atoms with E-state index in [4.69, 9.17) is 24.4 Å². The number of hydrogen-bond donors (Lipinski definition) is 1. The van der Waals surface area contributed by atoms with E-state index in [0.29, 0.717) is 17.4 Å². The molecule has 1 N–H and O–H groups in total. The number of benzene rings is 3. The molecule has 0 radical (unpaired) electrons. The van der Waals surface area contributed by atoms with E-state index in [9.17, 15) is 5.26 Å². The smallest absolute Gasteiger partial charge is 0.176 e. The van der Waals surface area contributed by atoms with Crippen molar-refractivity contribution in [2.75, 3.05) is 37.5 Å². The molecule has 0 saturated heterocycles. The molecule has 1 aliphatic heterocycles. The van der Waals surface area contributed by atoms with Crippen molar-refractivity contribution in [1.29, 1.82) is 5.26 Å². The van der Waals surface area contributed by atoms with E-state index in [2.05, 4.69) is 30.1 Å². The molecule has 0 spiro atoms. The Kier molecular flexibility index (Phi) is 6.92. The third kappa shape index (κ3) is 4.50. The van der Waals surface area contributed by atoms with Gasteiger partial charge in [-0.15, -0.1) is 0 Å².